The number of nitrogens with two attached hydrogens (primary N) is 1. The van der Waals surface area contributed by atoms with E-state index < -0.39 is 10.0 Å². The minimum atomic E-state index is -3.50. The summed E-state index contributed by atoms with van der Waals surface area (Å²) in [6.07, 6.45) is 1.99. The molecule has 19 heavy (non-hydrogen) atoms. The first-order valence-electron chi connectivity index (χ1n) is 6.43. The number of hydrogen-bond acceptors (Lipinski definition) is 4. The molecule has 0 amide bonds. The summed E-state index contributed by atoms with van der Waals surface area (Å²) in [4.78, 5) is 0.254. The summed E-state index contributed by atoms with van der Waals surface area (Å²) in [5, 5.41) is 0. The van der Waals surface area contributed by atoms with Crippen LogP contribution in [-0.2, 0) is 14.8 Å². The van der Waals surface area contributed by atoms with Crippen molar-refractivity contribution in [1.82, 2.24) is 4.72 Å². The molecule has 0 radical (unpaired) electrons. The second-order valence-corrected chi connectivity index (χ2v) is 6.64. The zero-order valence-electron chi connectivity index (χ0n) is 11.1. The highest BCUT2D eigenvalue weighted by Crippen LogP contribution is 2.21. The Kier molecular flexibility index (Phi) is 4.44. The van der Waals surface area contributed by atoms with E-state index in [2.05, 4.69) is 4.72 Å². The highest BCUT2D eigenvalue weighted by atomic mass is 32.2. The number of anilines is 1. The Morgan fingerprint density at radius 2 is 2.26 bits per heavy atom. The zero-order valence-corrected chi connectivity index (χ0v) is 11.9. The Hall–Kier alpha value is -1.11. The molecule has 0 aliphatic carbocycles. The molecule has 6 heteroatoms. The lowest BCUT2D eigenvalue weighted by molar-refractivity contribution is 0.0568. The zero-order chi connectivity index (χ0) is 13.9. The van der Waals surface area contributed by atoms with Crippen LogP contribution in [0, 0.1) is 12.8 Å². The van der Waals surface area contributed by atoms with E-state index in [1.54, 1.807) is 25.1 Å². The second kappa shape index (κ2) is 5.90. The van der Waals surface area contributed by atoms with E-state index in [4.69, 9.17) is 10.5 Å². The van der Waals surface area contributed by atoms with Gasteiger partial charge in [0.25, 0.3) is 0 Å². The fourth-order valence-corrected chi connectivity index (χ4v) is 3.59. The van der Waals surface area contributed by atoms with Gasteiger partial charge in [-0.15, -0.1) is 0 Å². The molecule has 1 aromatic rings. The molecule has 1 unspecified atom stereocenters. The quantitative estimate of drug-likeness (QED) is 0.816. The van der Waals surface area contributed by atoms with Gasteiger partial charge in [0.05, 0.1) is 11.5 Å². The Bertz CT molecular complexity index is 537. The molecule has 5 nitrogen and oxygen atoms in total. The Morgan fingerprint density at radius 1 is 1.47 bits per heavy atom. The highest BCUT2D eigenvalue weighted by Gasteiger charge is 2.21. The minimum absolute atomic E-state index is 0.254. The molecule has 106 valence electrons. The molecular formula is C13H20N2O3S. The number of nitrogens with one attached hydrogen (secondary N) is 1. The molecule has 1 saturated heterocycles. The molecule has 3 N–H and O–H groups in total. The summed E-state index contributed by atoms with van der Waals surface area (Å²) in [5.41, 5.74) is 6.83. The predicted molar refractivity (Wildman–Crippen MR) is 74.3 cm³/mol. The van der Waals surface area contributed by atoms with Crippen LogP contribution in [0.2, 0.25) is 0 Å². The van der Waals surface area contributed by atoms with Gasteiger partial charge in [0.1, 0.15) is 0 Å². The van der Waals surface area contributed by atoms with Crippen LogP contribution in [-0.4, -0.2) is 28.2 Å². The number of hydrogen-bond donors (Lipinski definition) is 2. The third-order valence-corrected chi connectivity index (χ3v) is 5.00. The van der Waals surface area contributed by atoms with Crippen molar-refractivity contribution in [2.24, 2.45) is 5.92 Å². The minimum Gasteiger partial charge on any atom is -0.398 e. The summed E-state index contributed by atoms with van der Waals surface area (Å²) >= 11 is 0. The largest absolute Gasteiger partial charge is 0.398 e. The molecule has 2 rings (SSSR count). The SMILES string of the molecule is Cc1c(N)cccc1S(=O)(=O)NCC1CCCOC1. The number of rotatable bonds is 4. The lowest BCUT2D eigenvalue weighted by atomic mass is 10.0. The summed E-state index contributed by atoms with van der Waals surface area (Å²) < 4.78 is 32.5. The van der Waals surface area contributed by atoms with Gasteiger partial charge < -0.3 is 10.5 Å². The van der Waals surface area contributed by atoms with Crippen molar-refractivity contribution in [3.8, 4) is 0 Å². The third kappa shape index (κ3) is 3.46. The molecule has 0 spiro atoms. The van der Waals surface area contributed by atoms with Crippen molar-refractivity contribution >= 4 is 15.7 Å². The van der Waals surface area contributed by atoms with E-state index in [1.807, 2.05) is 0 Å². The fraction of sp³-hybridized carbons (Fsp3) is 0.538. The van der Waals surface area contributed by atoms with Crippen LogP contribution in [0.4, 0.5) is 5.69 Å². The average Bonchev–Trinajstić information content (AvgIpc) is 2.41. The Morgan fingerprint density at radius 3 is 2.95 bits per heavy atom. The van der Waals surface area contributed by atoms with Crippen molar-refractivity contribution < 1.29 is 13.2 Å². The van der Waals surface area contributed by atoms with E-state index in [9.17, 15) is 8.42 Å². The molecule has 1 atom stereocenters. The van der Waals surface area contributed by atoms with Crippen LogP contribution in [0.3, 0.4) is 0 Å². The monoisotopic (exact) mass is 284 g/mol. The smallest absolute Gasteiger partial charge is 0.240 e. The van der Waals surface area contributed by atoms with Gasteiger partial charge in [-0.25, -0.2) is 13.1 Å². The van der Waals surface area contributed by atoms with Crippen molar-refractivity contribution in [3.63, 3.8) is 0 Å². The number of nitrogen functional groups attached to an aromatic ring is 1. The number of sulfonamides is 1. The van der Waals surface area contributed by atoms with E-state index in [1.165, 1.54) is 0 Å². The van der Waals surface area contributed by atoms with Gasteiger partial charge in [-0.05, 0) is 43.4 Å². The first-order valence-corrected chi connectivity index (χ1v) is 7.91. The van der Waals surface area contributed by atoms with E-state index in [0.717, 1.165) is 19.4 Å². The van der Waals surface area contributed by atoms with Gasteiger partial charge in [-0.1, -0.05) is 6.07 Å². The fourth-order valence-electron chi connectivity index (χ4n) is 2.20. The standard InChI is InChI=1S/C13H20N2O3S/c1-10-12(14)5-2-6-13(10)19(16,17)15-8-11-4-3-7-18-9-11/h2,5-6,11,15H,3-4,7-9,14H2,1H3. The molecule has 1 aliphatic heterocycles. The third-order valence-electron chi connectivity index (χ3n) is 3.43. The molecule has 1 aliphatic rings. The van der Waals surface area contributed by atoms with Gasteiger partial charge >= 0.3 is 0 Å². The molecule has 1 heterocycles. The molecule has 0 bridgehead atoms. The predicted octanol–water partition coefficient (Wildman–Crippen LogP) is 1.28. The van der Waals surface area contributed by atoms with E-state index >= 15 is 0 Å². The maximum Gasteiger partial charge on any atom is 0.240 e. The average molecular weight is 284 g/mol. The summed E-state index contributed by atoms with van der Waals surface area (Å²) in [5.74, 6) is 0.255. The van der Waals surface area contributed by atoms with Crippen LogP contribution < -0.4 is 10.5 Å². The summed E-state index contributed by atoms with van der Waals surface area (Å²) in [6.45, 7) is 3.53. The van der Waals surface area contributed by atoms with E-state index in [0.29, 0.717) is 24.4 Å². The van der Waals surface area contributed by atoms with Gasteiger partial charge in [-0.3, -0.25) is 0 Å². The van der Waals surface area contributed by atoms with Gasteiger partial charge in [0.2, 0.25) is 10.0 Å². The van der Waals surface area contributed by atoms with Crippen LogP contribution in [0.25, 0.3) is 0 Å². The van der Waals surface area contributed by atoms with Crippen LogP contribution in [0.1, 0.15) is 18.4 Å². The molecule has 0 aromatic heterocycles. The Labute approximate surface area is 114 Å². The summed E-state index contributed by atoms with van der Waals surface area (Å²) in [7, 11) is -3.50. The maximum atomic E-state index is 12.2. The molecule has 1 aromatic carbocycles. The van der Waals surface area contributed by atoms with E-state index in [-0.39, 0.29) is 10.8 Å². The van der Waals surface area contributed by atoms with Crippen molar-refractivity contribution in [3.05, 3.63) is 23.8 Å². The highest BCUT2D eigenvalue weighted by molar-refractivity contribution is 7.89. The molecule has 0 saturated carbocycles. The normalized spacial score (nSPS) is 20.4. The van der Waals surface area contributed by atoms with Crippen molar-refractivity contribution in [2.75, 3.05) is 25.5 Å². The lowest BCUT2D eigenvalue weighted by Crippen LogP contribution is -2.33. The molecular weight excluding hydrogens is 264 g/mol. The maximum absolute atomic E-state index is 12.2. The summed E-state index contributed by atoms with van der Waals surface area (Å²) in [6, 6.07) is 4.93. The lowest BCUT2D eigenvalue weighted by Gasteiger charge is -2.22. The second-order valence-electron chi connectivity index (χ2n) is 4.91. The van der Waals surface area contributed by atoms with Crippen LogP contribution in [0.5, 0.6) is 0 Å². The van der Waals surface area contributed by atoms with Crippen molar-refractivity contribution in [2.45, 2.75) is 24.7 Å². The topological polar surface area (TPSA) is 81.4 Å². The van der Waals surface area contributed by atoms with Gasteiger partial charge in [-0.2, -0.15) is 0 Å². The van der Waals surface area contributed by atoms with Gasteiger partial charge in [0, 0.05) is 18.8 Å². The Balaban J connectivity index is 2.07. The number of ether oxygens (including phenoxy) is 1. The van der Waals surface area contributed by atoms with Crippen molar-refractivity contribution in [1.29, 1.82) is 0 Å². The first-order chi connectivity index (χ1) is 9.00. The first kappa shape index (κ1) is 14.3. The van der Waals surface area contributed by atoms with Crippen LogP contribution >= 0.6 is 0 Å². The number of benzene rings is 1. The van der Waals surface area contributed by atoms with Gasteiger partial charge in [0.15, 0.2) is 0 Å². The molecule has 1 fully saturated rings. The van der Waals surface area contributed by atoms with Crippen LogP contribution in [0.15, 0.2) is 23.1 Å².